The van der Waals surface area contributed by atoms with Gasteiger partial charge in [0.05, 0.1) is 0 Å². The molecule has 1 N–H and O–H groups in total. The van der Waals surface area contributed by atoms with E-state index < -0.39 is 0 Å². The summed E-state index contributed by atoms with van der Waals surface area (Å²) in [6, 6.07) is 17.3. The predicted octanol–water partition coefficient (Wildman–Crippen LogP) is 4.43. The Kier molecular flexibility index (Phi) is 4.26. The quantitative estimate of drug-likeness (QED) is 0.888. The number of halogens is 1. The van der Waals surface area contributed by atoms with Crippen molar-refractivity contribution >= 4 is 27.7 Å². The van der Waals surface area contributed by atoms with Crippen LogP contribution >= 0.6 is 27.7 Å². The van der Waals surface area contributed by atoms with Gasteiger partial charge in [-0.1, -0.05) is 46.3 Å². The lowest BCUT2D eigenvalue weighted by Gasteiger charge is -2.12. The van der Waals surface area contributed by atoms with Crippen molar-refractivity contribution in [3.05, 3.63) is 64.1 Å². The summed E-state index contributed by atoms with van der Waals surface area (Å²) < 4.78 is 1.14. The maximum Gasteiger partial charge on any atom is 0.0205 e. The fourth-order valence-corrected chi connectivity index (χ4v) is 3.91. The first-order chi connectivity index (χ1) is 9.33. The lowest BCUT2D eigenvalue weighted by atomic mass is 10.0. The lowest BCUT2D eigenvalue weighted by Crippen LogP contribution is -2.21. The zero-order valence-electron chi connectivity index (χ0n) is 10.6. The molecule has 1 heterocycles. The largest absolute Gasteiger partial charge is 0.312 e. The van der Waals surface area contributed by atoms with E-state index in [0.717, 1.165) is 17.6 Å². The van der Waals surface area contributed by atoms with Gasteiger partial charge in [0.15, 0.2) is 0 Å². The highest BCUT2D eigenvalue weighted by Crippen LogP contribution is 2.38. The number of benzene rings is 2. The van der Waals surface area contributed by atoms with Gasteiger partial charge in [-0.15, -0.1) is 11.8 Å². The number of thioether (sulfide) groups is 1. The molecule has 0 saturated carbocycles. The second kappa shape index (κ2) is 6.12. The lowest BCUT2D eigenvalue weighted by molar-refractivity contribution is 0.621. The van der Waals surface area contributed by atoms with E-state index in [-0.39, 0.29) is 0 Å². The Labute approximate surface area is 126 Å². The van der Waals surface area contributed by atoms with Crippen LogP contribution in [0.5, 0.6) is 0 Å². The van der Waals surface area contributed by atoms with Crippen molar-refractivity contribution in [3.63, 3.8) is 0 Å². The van der Waals surface area contributed by atoms with E-state index in [1.807, 2.05) is 11.8 Å². The second-order valence-electron chi connectivity index (χ2n) is 4.80. The molecule has 0 aliphatic carbocycles. The molecule has 2 aromatic carbocycles. The first-order valence-electron chi connectivity index (χ1n) is 6.50. The van der Waals surface area contributed by atoms with Crippen LogP contribution in [0, 0.1) is 0 Å². The minimum absolute atomic E-state index is 0.650. The maximum atomic E-state index is 3.58. The van der Waals surface area contributed by atoms with Gasteiger partial charge in [0.1, 0.15) is 0 Å². The fraction of sp³-hybridized carbons (Fsp3) is 0.250. The van der Waals surface area contributed by atoms with Gasteiger partial charge < -0.3 is 5.32 Å². The Morgan fingerprint density at radius 1 is 1.11 bits per heavy atom. The van der Waals surface area contributed by atoms with Crippen molar-refractivity contribution in [2.75, 3.05) is 12.3 Å². The molecular weight excluding hydrogens is 318 g/mol. The molecule has 3 rings (SSSR count). The molecule has 19 heavy (non-hydrogen) atoms. The van der Waals surface area contributed by atoms with Crippen LogP contribution < -0.4 is 5.32 Å². The van der Waals surface area contributed by atoms with Gasteiger partial charge >= 0.3 is 0 Å². The van der Waals surface area contributed by atoms with Crippen LogP contribution in [0.1, 0.15) is 17.0 Å². The third-order valence-electron chi connectivity index (χ3n) is 3.43. The Hall–Kier alpha value is -0.770. The molecule has 0 spiro atoms. The molecule has 1 nitrogen and oxygen atoms in total. The van der Waals surface area contributed by atoms with Crippen molar-refractivity contribution in [2.24, 2.45) is 0 Å². The molecule has 1 unspecified atom stereocenters. The molecule has 0 aromatic heterocycles. The molecule has 2 aromatic rings. The summed E-state index contributed by atoms with van der Waals surface area (Å²) in [5.74, 6) is 1.85. The van der Waals surface area contributed by atoms with E-state index in [1.165, 1.54) is 21.8 Å². The predicted molar refractivity (Wildman–Crippen MR) is 85.8 cm³/mol. The highest BCUT2D eigenvalue weighted by Gasteiger charge is 2.21. The topological polar surface area (TPSA) is 12.0 Å². The van der Waals surface area contributed by atoms with Crippen LogP contribution in [-0.4, -0.2) is 12.3 Å². The average molecular weight is 334 g/mol. The van der Waals surface area contributed by atoms with Crippen LogP contribution in [0.25, 0.3) is 0 Å². The van der Waals surface area contributed by atoms with Crippen molar-refractivity contribution in [2.45, 2.75) is 17.4 Å². The first kappa shape index (κ1) is 13.2. The van der Waals surface area contributed by atoms with E-state index in [2.05, 4.69) is 69.8 Å². The molecule has 0 radical (unpaired) electrons. The monoisotopic (exact) mass is 333 g/mol. The zero-order valence-corrected chi connectivity index (χ0v) is 13.0. The molecule has 1 aliphatic heterocycles. The molecule has 98 valence electrons. The van der Waals surface area contributed by atoms with E-state index in [4.69, 9.17) is 0 Å². The van der Waals surface area contributed by atoms with Gasteiger partial charge in [-0.2, -0.15) is 0 Å². The summed E-state index contributed by atoms with van der Waals surface area (Å²) in [5.41, 5.74) is 2.85. The number of hydrogen-bond donors (Lipinski definition) is 1. The second-order valence-corrected chi connectivity index (χ2v) is 6.78. The standard InChI is InChI=1S/C16H16BrNS/c17-14-7-5-12(6-8-14)9-18-10-13-11-19-16-4-2-1-3-15(13)16/h1-8,13,18H,9-11H2. The maximum absolute atomic E-state index is 3.58. The Balaban J connectivity index is 1.55. The van der Waals surface area contributed by atoms with Gasteiger partial charge in [-0.05, 0) is 29.3 Å². The summed E-state index contributed by atoms with van der Waals surface area (Å²) in [6.45, 7) is 2.00. The number of nitrogens with one attached hydrogen (secondary N) is 1. The van der Waals surface area contributed by atoms with E-state index >= 15 is 0 Å². The van der Waals surface area contributed by atoms with E-state index in [9.17, 15) is 0 Å². The van der Waals surface area contributed by atoms with Crippen LogP contribution in [0.4, 0.5) is 0 Å². The molecule has 1 atom stereocenters. The molecule has 1 aliphatic rings. The zero-order chi connectivity index (χ0) is 13.1. The molecule has 0 bridgehead atoms. The van der Waals surface area contributed by atoms with Gasteiger partial charge in [0.2, 0.25) is 0 Å². The Morgan fingerprint density at radius 2 is 1.89 bits per heavy atom. The third kappa shape index (κ3) is 3.22. The molecular formula is C16H16BrNS. The SMILES string of the molecule is Brc1ccc(CNCC2CSc3ccccc32)cc1. The van der Waals surface area contributed by atoms with Gasteiger partial charge in [-0.25, -0.2) is 0 Å². The van der Waals surface area contributed by atoms with Crippen LogP contribution in [0.2, 0.25) is 0 Å². The highest BCUT2D eigenvalue weighted by atomic mass is 79.9. The van der Waals surface area contributed by atoms with Crippen molar-refractivity contribution < 1.29 is 0 Å². The van der Waals surface area contributed by atoms with Gasteiger partial charge in [-0.3, -0.25) is 0 Å². The Morgan fingerprint density at radius 3 is 2.74 bits per heavy atom. The minimum Gasteiger partial charge on any atom is -0.312 e. The highest BCUT2D eigenvalue weighted by molar-refractivity contribution is 9.10. The minimum atomic E-state index is 0.650. The third-order valence-corrected chi connectivity index (χ3v) is 5.21. The number of rotatable bonds is 4. The summed E-state index contributed by atoms with van der Waals surface area (Å²) in [7, 11) is 0. The van der Waals surface area contributed by atoms with E-state index in [0.29, 0.717) is 5.92 Å². The summed E-state index contributed by atoms with van der Waals surface area (Å²) in [5, 5.41) is 3.58. The van der Waals surface area contributed by atoms with Crippen LogP contribution in [-0.2, 0) is 6.54 Å². The van der Waals surface area contributed by atoms with Crippen LogP contribution in [0.15, 0.2) is 57.9 Å². The summed E-state index contributed by atoms with van der Waals surface area (Å²) in [4.78, 5) is 1.46. The van der Waals surface area contributed by atoms with Crippen molar-refractivity contribution in [3.8, 4) is 0 Å². The molecule has 0 amide bonds. The smallest absolute Gasteiger partial charge is 0.0205 e. The molecule has 3 heteroatoms. The fourth-order valence-electron chi connectivity index (χ4n) is 2.39. The number of fused-ring (bicyclic) bond motifs is 1. The van der Waals surface area contributed by atoms with E-state index in [1.54, 1.807) is 0 Å². The number of hydrogen-bond acceptors (Lipinski definition) is 2. The summed E-state index contributed by atoms with van der Waals surface area (Å²) in [6.07, 6.45) is 0. The first-order valence-corrected chi connectivity index (χ1v) is 8.27. The average Bonchev–Trinajstić information content (AvgIpc) is 2.85. The molecule has 0 fully saturated rings. The van der Waals surface area contributed by atoms with Gasteiger partial charge in [0, 0.05) is 34.1 Å². The van der Waals surface area contributed by atoms with Crippen molar-refractivity contribution in [1.29, 1.82) is 0 Å². The summed E-state index contributed by atoms with van der Waals surface area (Å²) >= 11 is 5.44. The van der Waals surface area contributed by atoms with Crippen molar-refractivity contribution in [1.82, 2.24) is 5.32 Å². The molecule has 0 saturated heterocycles. The normalized spacial score (nSPS) is 17.4. The van der Waals surface area contributed by atoms with Crippen LogP contribution in [0.3, 0.4) is 0 Å². The van der Waals surface area contributed by atoms with Gasteiger partial charge in [0.25, 0.3) is 0 Å². The Bertz CT molecular complexity index is 553.